The number of thiazole rings is 1. The molecule has 0 bridgehead atoms. The third kappa shape index (κ3) is 4.25. The first-order valence-electron chi connectivity index (χ1n) is 6.96. The van der Waals surface area contributed by atoms with Crippen molar-refractivity contribution in [3.63, 3.8) is 0 Å². The molecule has 1 aromatic rings. The van der Waals surface area contributed by atoms with Crippen LogP contribution in [0.4, 0.5) is 5.13 Å². The van der Waals surface area contributed by atoms with E-state index >= 15 is 0 Å². The summed E-state index contributed by atoms with van der Waals surface area (Å²) in [6, 6.07) is 0. The Morgan fingerprint density at radius 1 is 1.39 bits per heavy atom. The van der Waals surface area contributed by atoms with Gasteiger partial charge in [-0.3, -0.25) is 0 Å². The molecule has 0 aliphatic heterocycles. The van der Waals surface area contributed by atoms with Crippen LogP contribution < -0.4 is 10.2 Å². The van der Waals surface area contributed by atoms with E-state index in [4.69, 9.17) is 4.98 Å². The minimum absolute atomic E-state index is 0.723. The van der Waals surface area contributed by atoms with E-state index in [1.54, 1.807) is 0 Å². The third-order valence-electron chi connectivity index (χ3n) is 3.20. The van der Waals surface area contributed by atoms with Crippen LogP contribution in [0.25, 0.3) is 0 Å². The molecule has 1 unspecified atom stereocenters. The van der Waals surface area contributed by atoms with Crippen LogP contribution in [-0.2, 0) is 13.0 Å². The van der Waals surface area contributed by atoms with Crippen molar-refractivity contribution in [2.45, 2.75) is 46.6 Å². The minimum Gasteiger partial charge on any atom is -0.351 e. The van der Waals surface area contributed by atoms with Crippen LogP contribution in [0, 0.1) is 5.92 Å². The Balaban J connectivity index is 2.78. The van der Waals surface area contributed by atoms with Crippen molar-refractivity contribution < 1.29 is 0 Å². The molecule has 3 nitrogen and oxygen atoms in total. The summed E-state index contributed by atoms with van der Waals surface area (Å²) in [6.45, 7) is 8.78. The van der Waals surface area contributed by atoms with Crippen molar-refractivity contribution in [3.05, 3.63) is 10.6 Å². The van der Waals surface area contributed by atoms with Gasteiger partial charge >= 0.3 is 0 Å². The first-order chi connectivity index (χ1) is 8.62. The first-order valence-corrected chi connectivity index (χ1v) is 7.78. The number of aromatic nitrogens is 1. The van der Waals surface area contributed by atoms with Gasteiger partial charge in [0.05, 0.1) is 5.69 Å². The highest BCUT2D eigenvalue weighted by atomic mass is 32.1. The highest BCUT2D eigenvalue weighted by Crippen LogP contribution is 2.27. The SMILES string of the molecule is CCCc1nc(N(C)CC(C)CC)sc1CNC. The van der Waals surface area contributed by atoms with Crippen LogP contribution in [0.1, 0.15) is 44.2 Å². The second kappa shape index (κ2) is 7.74. The van der Waals surface area contributed by atoms with Crippen molar-refractivity contribution in [1.29, 1.82) is 0 Å². The summed E-state index contributed by atoms with van der Waals surface area (Å²) >= 11 is 1.84. The molecule has 0 radical (unpaired) electrons. The van der Waals surface area contributed by atoms with E-state index in [1.165, 1.54) is 22.1 Å². The van der Waals surface area contributed by atoms with Crippen molar-refractivity contribution in [2.75, 3.05) is 25.5 Å². The van der Waals surface area contributed by atoms with Crippen LogP contribution in [-0.4, -0.2) is 25.6 Å². The molecule has 0 aliphatic carbocycles. The van der Waals surface area contributed by atoms with E-state index in [9.17, 15) is 0 Å². The summed E-state index contributed by atoms with van der Waals surface area (Å²) in [5.41, 5.74) is 1.28. The minimum atomic E-state index is 0.723. The Morgan fingerprint density at radius 3 is 2.67 bits per heavy atom. The zero-order valence-corrected chi connectivity index (χ0v) is 13.2. The smallest absolute Gasteiger partial charge is 0.185 e. The van der Waals surface area contributed by atoms with Gasteiger partial charge in [0, 0.05) is 25.0 Å². The topological polar surface area (TPSA) is 28.2 Å². The summed E-state index contributed by atoms with van der Waals surface area (Å²) in [4.78, 5) is 8.51. The second-order valence-electron chi connectivity index (χ2n) is 5.04. The summed E-state index contributed by atoms with van der Waals surface area (Å²) in [7, 11) is 4.15. The highest BCUT2D eigenvalue weighted by molar-refractivity contribution is 7.15. The quantitative estimate of drug-likeness (QED) is 0.785. The number of rotatable bonds is 8. The van der Waals surface area contributed by atoms with Gasteiger partial charge in [-0.15, -0.1) is 11.3 Å². The predicted octanol–water partition coefficient (Wildman–Crippen LogP) is 3.30. The predicted molar refractivity (Wildman–Crippen MR) is 81.6 cm³/mol. The van der Waals surface area contributed by atoms with Crippen LogP contribution in [0.2, 0.25) is 0 Å². The van der Waals surface area contributed by atoms with Gasteiger partial charge in [0.15, 0.2) is 5.13 Å². The lowest BCUT2D eigenvalue weighted by molar-refractivity contribution is 0.559. The molecule has 104 valence electrons. The molecule has 0 aliphatic rings. The largest absolute Gasteiger partial charge is 0.351 e. The molecular formula is C14H27N3S. The summed E-state index contributed by atoms with van der Waals surface area (Å²) in [5, 5.41) is 4.41. The fraction of sp³-hybridized carbons (Fsp3) is 0.786. The number of hydrogen-bond donors (Lipinski definition) is 1. The Bertz CT molecular complexity index is 325. The molecule has 1 aromatic heterocycles. The molecule has 0 aromatic carbocycles. The van der Waals surface area contributed by atoms with E-state index in [-0.39, 0.29) is 0 Å². The van der Waals surface area contributed by atoms with Crippen LogP contribution in [0.3, 0.4) is 0 Å². The maximum atomic E-state index is 4.81. The maximum absolute atomic E-state index is 4.81. The number of aryl methyl sites for hydroxylation is 1. The lowest BCUT2D eigenvalue weighted by Crippen LogP contribution is -2.23. The molecule has 0 fully saturated rings. The zero-order chi connectivity index (χ0) is 13.5. The van der Waals surface area contributed by atoms with Crippen molar-refractivity contribution in [1.82, 2.24) is 10.3 Å². The van der Waals surface area contributed by atoms with Gasteiger partial charge in [-0.1, -0.05) is 33.6 Å². The van der Waals surface area contributed by atoms with Gasteiger partial charge in [-0.25, -0.2) is 4.98 Å². The molecule has 18 heavy (non-hydrogen) atoms. The summed E-state index contributed by atoms with van der Waals surface area (Å²) in [5.74, 6) is 0.723. The first kappa shape index (κ1) is 15.4. The lowest BCUT2D eigenvalue weighted by atomic mass is 10.1. The number of nitrogens with one attached hydrogen (secondary N) is 1. The van der Waals surface area contributed by atoms with Crippen LogP contribution >= 0.6 is 11.3 Å². The van der Waals surface area contributed by atoms with Gasteiger partial charge in [-0.2, -0.15) is 0 Å². The third-order valence-corrected chi connectivity index (χ3v) is 4.41. The van der Waals surface area contributed by atoms with E-state index in [0.717, 1.165) is 31.8 Å². The Morgan fingerprint density at radius 2 is 2.11 bits per heavy atom. The fourth-order valence-corrected chi connectivity index (χ4v) is 3.03. The normalized spacial score (nSPS) is 12.7. The standard InChI is InChI=1S/C14H27N3S/c1-6-8-12-13(9-15-4)18-14(16-12)17(5)10-11(3)7-2/h11,15H,6-10H2,1-5H3. The Kier molecular flexibility index (Phi) is 6.65. The Labute approximate surface area is 116 Å². The second-order valence-corrected chi connectivity index (χ2v) is 6.10. The highest BCUT2D eigenvalue weighted by Gasteiger charge is 2.14. The van der Waals surface area contributed by atoms with E-state index < -0.39 is 0 Å². The molecule has 0 saturated heterocycles. The molecule has 1 N–H and O–H groups in total. The maximum Gasteiger partial charge on any atom is 0.185 e. The molecule has 0 saturated carbocycles. The molecule has 0 amide bonds. The van der Waals surface area contributed by atoms with Gasteiger partial charge in [-0.05, 0) is 19.4 Å². The summed E-state index contributed by atoms with van der Waals surface area (Å²) in [6.07, 6.45) is 3.47. The molecule has 1 rings (SSSR count). The van der Waals surface area contributed by atoms with Crippen molar-refractivity contribution in [2.24, 2.45) is 5.92 Å². The molecular weight excluding hydrogens is 242 g/mol. The van der Waals surface area contributed by atoms with Gasteiger partial charge in [0.1, 0.15) is 0 Å². The van der Waals surface area contributed by atoms with Crippen LogP contribution in [0.5, 0.6) is 0 Å². The average Bonchev–Trinajstić information content (AvgIpc) is 2.73. The monoisotopic (exact) mass is 269 g/mol. The van der Waals surface area contributed by atoms with Crippen molar-refractivity contribution in [3.8, 4) is 0 Å². The van der Waals surface area contributed by atoms with E-state index in [1.807, 2.05) is 18.4 Å². The lowest BCUT2D eigenvalue weighted by Gasteiger charge is -2.19. The Hall–Kier alpha value is -0.610. The van der Waals surface area contributed by atoms with Crippen LogP contribution in [0.15, 0.2) is 0 Å². The molecule has 1 atom stereocenters. The average molecular weight is 269 g/mol. The van der Waals surface area contributed by atoms with Crippen molar-refractivity contribution >= 4 is 16.5 Å². The molecule has 0 spiro atoms. The van der Waals surface area contributed by atoms with Gasteiger partial charge < -0.3 is 10.2 Å². The zero-order valence-electron chi connectivity index (χ0n) is 12.4. The van der Waals surface area contributed by atoms with Gasteiger partial charge in [0.2, 0.25) is 0 Å². The molecule has 1 heterocycles. The fourth-order valence-electron chi connectivity index (χ4n) is 1.94. The summed E-state index contributed by atoms with van der Waals surface area (Å²) < 4.78 is 0. The van der Waals surface area contributed by atoms with E-state index in [2.05, 4.69) is 38.0 Å². The number of nitrogens with zero attached hydrogens (tertiary/aromatic N) is 2. The number of hydrogen-bond acceptors (Lipinski definition) is 4. The molecule has 4 heteroatoms. The van der Waals surface area contributed by atoms with E-state index in [0.29, 0.717) is 0 Å². The van der Waals surface area contributed by atoms with Gasteiger partial charge in [0.25, 0.3) is 0 Å². The number of anilines is 1.